The maximum absolute atomic E-state index is 13.6. The number of hydrogen-bond acceptors (Lipinski definition) is 6. The quantitative estimate of drug-likeness (QED) is 0.0803. The molecular weight excluding hydrogens is 679 g/mol. The van der Waals surface area contributed by atoms with E-state index >= 15 is 0 Å². The number of guanidine groups is 1. The molecule has 2 atom stereocenters. The molecule has 0 radical (unpaired) electrons. The van der Waals surface area contributed by atoms with Crippen LogP contribution in [0.1, 0.15) is 57.6 Å². The smallest absolute Gasteiger partial charge is 0.337 e. The van der Waals surface area contributed by atoms with E-state index in [0.29, 0.717) is 38.4 Å². The monoisotopic (exact) mass is 731 g/mol. The van der Waals surface area contributed by atoms with E-state index in [2.05, 4.69) is 104 Å². The average molecular weight is 732 g/mol. The Labute approximate surface area is 316 Å². The predicted molar refractivity (Wildman–Crippen MR) is 214 cm³/mol. The zero-order chi connectivity index (χ0) is 37.3. The van der Waals surface area contributed by atoms with Gasteiger partial charge in [-0.25, -0.2) is 9.79 Å². The molecule has 2 heterocycles. The fourth-order valence-corrected chi connectivity index (χ4v) is 12.4. The maximum atomic E-state index is 13.6. The van der Waals surface area contributed by atoms with Crippen molar-refractivity contribution in [3.8, 4) is 5.75 Å². The first-order valence-corrected chi connectivity index (χ1v) is 20.6. The lowest BCUT2D eigenvalue weighted by Gasteiger charge is -2.45. The summed E-state index contributed by atoms with van der Waals surface area (Å²) in [5, 5.41) is 5.96. The van der Waals surface area contributed by atoms with Crippen LogP contribution in [0.3, 0.4) is 0 Å². The second-order valence-electron chi connectivity index (χ2n) is 14.8. The molecule has 0 saturated carbocycles. The van der Waals surface area contributed by atoms with E-state index in [-0.39, 0.29) is 23.1 Å². The Morgan fingerprint density at radius 3 is 2.04 bits per heavy atom. The third-order valence-corrected chi connectivity index (χ3v) is 15.4. The number of allylic oxidation sites excluding steroid dienone is 1. The Morgan fingerprint density at radius 2 is 1.45 bits per heavy atom. The van der Waals surface area contributed by atoms with Crippen LogP contribution in [0.2, 0.25) is 5.04 Å². The SMILES string of the molecule is COC(=O)C1=C(CCCOCc2ccccc2)NC(=NCc2ccc(OC)cc2)N2[C@@H](CO[Si](c3ccccc3)(c3ccccc3)C(C)(C)C)CC[C@H]12. The molecule has 0 bridgehead atoms. The number of carbonyl (C=O) groups excluding carboxylic acids is 1. The van der Waals surface area contributed by atoms with E-state index < -0.39 is 8.32 Å². The fourth-order valence-electron chi connectivity index (χ4n) is 7.80. The molecule has 1 N–H and O–H groups in total. The van der Waals surface area contributed by atoms with Gasteiger partial charge in [0.25, 0.3) is 8.32 Å². The molecule has 6 rings (SSSR count). The molecule has 1 saturated heterocycles. The molecule has 278 valence electrons. The number of aliphatic imine (C=N–C) groups is 1. The Balaban J connectivity index is 1.31. The molecule has 1 fully saturated rings. The van der Waals surface area contributed by atoms with Gasteiger partial charge < -0.3 is 28.9 Å². The summed E-state index contributed by atoms with van der Waals surface area (Å²) in [7, 11) is 0.333. The van der Waals surface area contributed by atoms with Gasteiger partial charge in [0, 0.05) is 12.3 Å². The van der Waals surface area contributed by atoms with Crippen LogP contribution in [0.5, 0.6) is 5.75 Å². The van der Waals surface area contributed by atoms with E-state index in [1.807, 2.05) is 42.5 Å². The largest absolute Gasteiger partial charge is 0.497 e. The Morgan fingerprint density at radius 1 is 0.830 bits per heavy atom. The summed E-state index contributed by atoms with van der Waals surface area (Å²) in [6.07, 6.45) is 3.01. The van der Waals surface area contributed by atoms with Gasteiger partial charge in [-0.05, 0) is 64.4 Å². The summed E-state index contributed by atoms with van der Waals surface area (Å²) < 4.78 is 24.3. The van der Waals surface area contributed by atoms with E-state index in [4.69, 9.17) is 23.6 Å². The van der Waals surface area contributed by atoms with Crippen LogP contribution < -0.4 is 20.4 Å². The van der Waals surface area contributed by atoms with Gasteiger partial charge in [0.2, 0.25) is 0 Å². The molecular formula is C44H53N3O5Si. The van der Waals surface area contributed by atoms with E-state index in [9.17, 15) is 4.79 Å². The van der Waals surface area contributed by atoms with Crippen LogP contribution >= 0.6 is 0 Å². The first kappa shape index (κ1) is 38.0. The molecule has 0 spiro atoms. The van der Waals surface area contributed by atoms with Crippen molar-refractivity contribution < 1.29 is 23.4 Å². The molecule has 0 amide bonds. The predicted octanol–water partition coefficient (Wildman–Crippen LogP) is 6.99. The Kier molecular flexibility index (Phi) is 12.5. The molecule has 4 aromatic rings. The highest BCUT2D eigenvalue weighted by Crippen LogP contribution is 2.39. The zero-order valence-electron chi connectivity index (χ0n) is 31.7. The first-order chi connectivity index (χ1) is 25.7. The lowest BCUT2D eigenvalue weighted by Crippen LogP contribution is -2.67. The number of nitrogens with one attached hydrogen (secondary N) is 1. The number of ether oxygens (including phenoxy) is 3. The molecule has 2 aliphatic rings. The minimum absolute atomic E-state index is 0.0146. The third-order valence-electron chi connectivity index (χ3n) is 10.4. The topological polar surface area (TPSA) is 81.6 Å². The van der Waals surface area contributed by atoms with E-state index in [0.717, 1.165) is 47.8 Å². The van der Waals surface area contributed by atoms with Crippen molar-refractivity contribution in [3.05, 3.63) is 138 Å². The van der Waals surface area contributed by atoms with Crippen molar-refractivity contribution in [1.29, 1.82) is 0 Å². The van der Waals surface area contributed by atoms with Crippen molar-refractivity contribution in [2.24, 2.45) is 4.99 Å². The van der Waals surface area contributed by atoms with Gasteiger partial charge in [-0.15, -0.1) is 0 Å². The second kappa shape index (κ2) is 17.4. The lowest BCUT2D eigenvalue weighted by atomic mass is 9.98. The Hall–Kier alpha value is -4.70. The molecule has 0 unspecified atom stereocenters. The second-order valence-corrected chi connectivity index (χ2v) is 19.1. The number of benzene rings is 4. The van der Waals surface area contributed by atoms with Crippen LogP contribution in [-0.4, -0.2) is 64.7 Å². The maximum Gasteiger partial charge on any atom is 0.337 e. The number of esters is 1. The third kappa shape index (κ3) is 8.59. The van der Waals surface area contributed by atoms with Crippen molar-refractivity contribution in [3.63, 3.8) is 0 Å². The highest BCUT2D eigenvalue weighted by Gasteiger charge is 2.52. The van der Waals surface area contributed by atoms with E-state index in [1.54, 1.807) is 7.11 Å². The Bertz CT molecular complexity index is 1800. The number of rotatable bonds is 15. The summed E-state index contributed by atoms with van der Waals surface area (Å²) in [4.78, 5) is 21.1. The zero-order valence-corrected chi connectivity index (χ0v) is 32.7. The van der Waals surface area contributed by atoms with Gasteiger partial charge in [-0.3, -0.25) is 0 Å². The van der Waals surface area contributed by atoms with Crippen molar-refractivity contribution in [1.82, 2.24) is 10.2 Å². The molecule has 4 aromatic carbocycles. The lowest BCUT2D eigenvalue weighted by molar-refractivity contribution is -0.136. The van der Waals surface area contributed by atoms with Gasteiger partial charge in [0.05, 0.1) is 51.6 Å². The van der Waals surface area contributed by atoms with Crippen LogP contribution in [-0.2, 0) is 31.8 Å². The number of nitrogens with zero attached hydrogens (tertiary/aromatic N) is 2. The highest BCUT2D eigenvalue weighted by molar-refractivity contribution is 6.99. The van der Waals surface area contributed by atoms with Gasteiger partial charge in [0.1, 0.15) is 5.75 Å². The molecule has 53 heavy (non-hydrogen) atoms. The van der Waals surface area contributed by atoms with Gasteiger partial charge in [0.15, 0.2) is 5.96 Å². The van der Waals surface area contributed by atoms with Crippen LogP contribution in [0.15, 0.2) is 132 Å². The minimum Gasteiger partial charge on any atom is -0.497 e. The summed E-state index contributed by atoms with van der Waals surface area (Å²) in [5.41, 5.74) is 3.73. The number of fused-ring (bicyclic) bond motifs is 1. The van der Waals surface area contributed by atoms with Crippen LogP contribution in [0.25, 0.3) is 0 Å². The molecule has 9 heteroatoms. The van der Waals surface area contributed by atoms with Gasteiger partial charge in [-0.1, -0.05) is 124 Å². The number of methoxy groups -OCH3 is 2. The first-order valence-electron chi connectivity index (χ1n) is 18.7. The molecule has 0 aliphatic carbocycles. The summed E-state index contributed by atoms with van der Waals surface area (Å²) in [5.74, 6) is 1.25. The fraction of sp³-hybridized carbons (Fsp3) is 0.364. The van der Waals surface area contributed by atoms with Crippen molar-refractivity contribution in [2.45, 2.75) is 76.7 Å². The summed E-state index contributed by atoms with van der Waals surface area (Å²) >= 11 is 0. The minimum atomic E-state index is -2.80. The van der Waals surface area contributed by atoms with Gasteiger partial charge in [-0.2, -0.15) is 0 Å². The summed E-state index contributed by atoms with van der Waals surface area (Å²) in [6.45, 7) is 8.98. The average Bonchev–Trinajstić information content (AvgIpc) is 3.61. The highest BCUT2D eigenvalue weighted by atomic mass is 28.4. The standard InChI is InChI=1S/C44H53N3O5Si/c1-44(2,3)53(37-18-11-7-12-19-37,38-20-13-8-14-21-38)52-32-35-25-28-40-41(42(48)50-5)39(22-15-29-51-31-34-16-9-6-10-17-34)46-43(47(35)40)45-30-33-23-26-36(49-4)27-24-33/h6-14,16-21,23-24,26-27,35,40H,15,22,25,28-32H2,1-5H3,(H,45,46)/t35-,40-/m1/s1. The van der Waals surface area contributed by atoms with Crippen molar-refractivity contribution >= 4 is 30.6 Å². The van der Waals surface area contributed by atoms with Crippen LogP contribution in [0, 0.1) is 0 Å². The summed E-state index contributed by atoms with van der Waals surface area (Å²) in [6, 6.07) is 39.4. The molecule has 0 aromatic heterocycles. The number of hydrogen-bond donors (Lipinski definition) is 1. The van der Waals surface area contributed by atoms with E-state index in [1.165, 1.54) is 17.5 Å². The van der Waals surface area contributed by atoms with Crippen LogP contribution in [0.4, 0.5) is 0 Å². The van der Waals surface area contributed by atoms with Crippen molar-refractivity contribution in [2.75, 3.05) is 27.4 Å². The number of carbonyl (C=O) groups is 1. The molecule has 8 nitrogen and oxygen atoms in total. The van der Waals surface area contributed by atoms with Gasteiger partial charge >= 0.3 is 5.97 Å². The molecule has 2 aliphatic heterocycles. The normalized spacial score (nSPS) is 18.1.